The highest BCUT2D eigenvalue weighted by Gasteiger charge is 2.31. The van der Waals surface area contributed by atoms with E-state index in [1.54, 1.807) is 33.0 Å². The molecule has 0 bridgehead atoms. The lowest BCUT2D eigenvalue weighted by atomic mass is 10.0. The van der Waals surface area contributed by atoms with Gasteiger partial charge in [0.05, 0.1) is 27.1 Å². The maximum Gasteiger partial charge on any atom is 0.230 e. The minimum Gasteiger partial charge on any atom is -0.497 e. The van der Waals surface area contributed by atoms with Crippen molar-refractivity contribution in [1.82, 2.24) is 15.5 Å². The number of allylic oxidation sites excluding steroid dienone is 2. The van der Waals surface area contributed by atoms with Gasteiger partial charge >= 0.3 is 0 Å². The van der Waals surface area contributed by atoms with Crippen LogP contribution in [0.1, 0.15) is 61.1 Å². The van der Waals surface area contributed by atoms with Crippen molar-refractivity contribution in [3.63, 3.8) is 0 Å². The Hall–Kier alpha value is -3.70. The molecule has 1 saturated carbocycles. The number of nitrogens with one attached hydrogen (secondary N) is 2. The van der Waals surface area contributed by atoms with Gasteiger partial charge in [-0.3, -0.25) is 14.6 Å². The summed E-state index contributed by atoms with van der Waals surface area (Å²) in [6.45, 7) is 2.16. The molecule has 9 nitrogen and oxygen atoms in total. The smallest absolute Gasteiger partial charge is 0.230 e. The van der Waals surface area contributed by atoms with Gasteiger partial charge in [-0.05, 0) is 71.9 Å². The van der Waals surface area contributed by atoms with E-state index >= 15 is 0 Å². The number of benzene rings is 2. The number of anilines is 1. The second-order valence-corrected chi connectivity index (χ2v) is 12.4. The molecule has 0 aliphatic heterocycles. The molecule has 1 fully saturated rings. The van der Waals surface area contributed by atoms with Crippen LogP contribution in [0.4, 0.5) is 5.13 Å². The van der Waals surface area contributed by atoms with Gasteiger partial charge in [-0.2, -0.15) is 0 Å². The van der Waals surface area contributed by atoms with E-state index in [0.29, 0.717) is 16.2 Å². The molecule has 1 aliphatic carbocycles. The molecule has 2 N–H and O–H groups in total. The van der Waals surface area contributed by atoms with E-state index in [4.69, 9.17) is 9.47 Å². The van der Waals surface area contributed by atoms with Crippen LogP contribution in [0.5, 0.6) is 11.5 Å². The van der Waals surface area contributed by atoms with Crippen molar-refractivity contribution in [2.75, 3.05) is 26.6 Å². The normalized spacial score (nSPS) is 17.0. The SMILES string of the molecule is CCCC=C(SC(=NC)NC(=O)Cc1cccc(OC)c1)C1CCC(c2nnc(NC(=O)Cc3cccc(OC)c3)s2)C1. The van der Waals surface area contributed by atoms with Gasteiger partial charge in [0.15, 0.2) is 5.17 Å². The summed E-state index contributed by atoms with van der Waals surface area (Å²) in [7, 11) is 4.92. The Morgan fingerprint density at radius 3 is 2.33 bits per heavy atom. The van der Waals surface area contributed by atoms with Crippen molar-refractivity contribution in [3.8, 4) is 11.5 Å². The Labute approximate surface area is 261 Å². The minimum atomic E-state index is -0.138. The number of nitrogens with zero attached hydrogens (tertiary/aromatic N) is 3. The number of methoxy groups -OCH3 is 2. The van der Waals surface area contributed by atoms with Crippen LogP contribution in [-0.2, 0) is 22.4 Å². The van der Waals surface area contributed by atoms with E-state index in [1.807, 2.05) is 48.5 Å². The molecular formula is C32H39N5O4S2. The third kappa shape index (κ3) is 9.65. The number of aliphatic imine (C=N–C) groups is 1. The Morgan fingerprint density at radius 1 is 1.02 bits per heavy atom. The van der Waals surface area contributed by atoms with Crippen LogP contribution in [0.25, 0.3) is 0 Å². The number of thioether (sulfide) groups is 1. The lowest BCUT2D eigenvalue weighted by Crippen LogP contribution is -2.30. The highest BCUT2D eigenvalue weighted by atomic mass is 32.2. The largest absolute Gasteiger partial charge is 0.497 e. The summed E-state index contributed by atoms with van der Waals surface area (Å²) in [5.74, 6) is 1.79. The molecule has 2 unspecified atom stereocenters. The number of amidine groups is 1. The van der Waals surface area contributed by atoms with Crippen LogP contribution in [-0.4, -0.2) is 48.4 Å². The van der Waals surface area contributed by atoms with Crippen molar-refractivity contribution >= 4 is 45.2 Å². The van der Waals surface area contributed by atoms with Crippen molar-refractivity contribution in [2.24, 2.45) is 10.9 Å². The summed E-state index contributed by atoms with van der Waals surface area (Å²) < 4.78 is 10.5. The fraction of sp³-hybridized carbons (Fsp3) is 0.406. The number of unbranched alkanes of at least 4 members (excludes halogenated alkanes) is 1. The molecule has 43 heavy (non-hydrogen) atoms. The molecule has 2 aromatic carbocycles. The van der Waals surface area contributed by atoms with E-state index in [0.717, 1.165) is 59.7 Å². The molecule has 2 atom stereocenters. The summed E-state index contributed by atoms with van der Waals surface area (Å²) in [4.78, 5) is 31.1. The molecule has 228 valence electrons. The third-order valence-electron chi connectivity index (χ3n) is 7.17. The summed E-state index contributed by atoms with van der Waals surface area (Å²) in [6.07, 6.45) is 7.69. The van der Waals surface area contributed by atoms with Gasteiger partial charge in [0.1, 0.15) is 16.5 Å². The Kier molecular flexibility index (Phi) is 12.2. The van der Waals surface area contributed by atoms with Gasteiger partial charge in [-0.25, -0.2) is 0 Å². The fourth-order valence-electron chi connectivity index (χ4n) is 4.99. The van der Waals surface area contributed by atoms with Crippen LogP contribution >= 0.6 is 23.1 Å². The quantitative estimate of drug-likeness (QED) is 0.178. The molecule has 1 aliphatic rings. The number of amides is 2. The molecule has 2 amide bonds. The van der Waals surface area contributed by atoms with Crippen LogP contribution < -0.4 is 20.1 Å². The van der Waals surface area contributed by atoms with Crippen LogP contribution in [0, 0.1) is 5.92 Å². The second kappa shape index (κ2) is 16.2. The van der Waals surface area contributed by atoms with Gasteiger partial charge in [-0.15, -0.1) is 10.2 Å². The summed E-state index contributed by atoms with van der Waals surface area (Å²) in [5, 5.41) is 16.6. The summed E-state index contributed by atoms with van der Waals surface area (Å²) in [6, 6.07) is 15.0. The second-order valence-electron chi connectivity index (χ2n) is 10.3. The van der Waals surface area contributed by atoms with E-state index in [-0.39, 0.29) is 30.6 Å². The summed E-state index contributed by atoms with van der Waals surface area (Å²) in [5.41, 5.74) is 1.75. The first-order valence-electron chi connectivity index (χ1n) is 14.4. The fourth-order valence-corrected chi connectivity index (χ4v) is 6.96. The van der Waals surface area contributed by atoms with Gasteiger partial charge in [0, 0.05) is 13.0 Å². The topological polar surface area (TPSA) is 115 Å². The predicted molar refractivity (Wildman–Crippen MR) is 174 cm³/mol. The first-order chi connectivity index (χ1) is 20.9. The predicted octanol–water partition coefficient (Wildman–Crippen LogP) is 6.38. The molecule has 4 rings (SSSR count). The van der Waals surface area contributed by atoms with Gasteiger partial charge in [0.25, 0.3) is 0 Å². The Balaban J connectivity index is 1.33. The lowest BCUT2D eigenvalue weighted by molar-refractivity contribution is -0.119. The zero-order valence-corrected chi connectivity index (χ0v) is 26.7. The number of carbonyl (C=O) groups is 2. The molecule has 0 spiro atoms. The van der Waals surface area contributed by atoms with Crippen molar-refractivity contribution in [2.45, 2.75) is 57.8 Å². The first-order valence-corrected chi connectivity index (χ1v) is 16.1. The van der Waals surface area contributed by atoms with Crippen molar-refractivity contribution in [1.29, 1.82) is 0 Å². The Bertz CT molecular complexity index is 1450. The zero-order valence-electron chi connectivity index (χ0n) is 25.1. The van der Waals surface area contributed by atoms with Gasteiger partial charge in [-0.1, -0.05) is 66.8 Å². The molecule has 1 aromatic heterocycles. The molecule has 0 radical (unpaired) electrons. The molecule has 1 heterocycles. The van der Waals surface area contributed by atoms with Crippen LogP contribution in [0.3, 0.4) is 0 Å². The van der Waals surface area contributed by atoms with Gasteiger partial charge < -0.3 is 20.1 Å². The Morgan fingerprint density at radius 2 is 1.70 bits per heavy atom. The number of rotatable bonds is 12. The number of aromatic nitrogens is 2. The van der Waals surface area contributed by atoms with E-state index in [2.05, 4.69) is 38.8 Å². The molecule has 11 heteroatoms. The lowest BCUT2D eigenvalue weighted by Gasteiger charge is -2.17. The number of carbonyl (C=O) groups excluding carboxylic acids is 2. The monoisotopic (exact) mass is 621 g/mol. The highest BCUT2D eigenvalue weighted by molar-refractivity contribution is 8.17. The number of ether oxygens (including phenoxy) is 2. The van der Waals surface area contributed by atoms with Crippen LogP contribution in [0.2, 0.25) is 0 Å². The maximum atomic E-state index is 12.8. The van der Waals surface area contributed by atoms with Crippen molar-refractivity contribution in [3.05, 3.63) is 75.6 Å². The molecular weight excluding hydrogens is 583 g/mol. The minimum absolute atomic E-state index is 0.115. The highest BCUT2D eigenvalue weighted by Crippen LogP contribution is 2.46. The van der Waals surface area contributed by atoms with Crippen molar-refractivity contribution < 1.29 is 19.1 Å². The zero-order chi connectivity index (χ0) is 30.6. The van der Waals surface area contributed by atoms with Crippen LogP contribution in [0.15, 0.2) is 64.5 Å². The van der Waals surface area contributed by atoms with Gasteiger partial charge in [0.2, 0.25) is 16.9 Å². The third-order valence-corrected chi connectivity index (χ3v) is 9.38. The number of hydrogen-bond acceptors (Lipinski definition) is 9. The standard InChI is InChI=1S/C32H39N5O4S2/c1-5-6-13-27(42-31(33-2)34-28(38)18-21-9-7-11-25(16-21)40-3)23-14-15-24(20-23)30-36-37-32(43-30)35-29(39)19-22-10-8-12-26(17-22)41-4/h7-13,16-17,23-24H,5-6,14-15,18-20H2,1-4H3,(H,33,34,38)(H,35,37,39). The first kappa shape index (κ1) is 32.2. The average molecular weight is 622 g/mol. The summed E-state index contributed by atoms with van der Waals surface area (Å²) >= 11 is 2.99. The average Bonchev–Trinajstić information content (AvgIpc) is 3.69. The number of hydrogen-bond donors (Lipinski definition) is 2. The molecule has 3 aromatic rings. The van der Waals surface area contributed by atoms with E-state index < -0.39 is 0 Å². The maximum absolute atomic E-state index is 12.8. The van der Waals surface area contributed by atoms with E-state index in [1.165, 1.54) is 16.2 Å². The molecule has 0 saturated heterocycles. The van der Waals surface area contributed by atoms with E-state index in [9.17, 15) is 9.59 Å².